The summed E-state index contributed by atoms with van der Waals surface area (Å²) in [6, 6.07) is 1.91. The minimum absolute atomic E-state index is 0.0834. The number of hydrogen-bond donors (Lipinski definition) is 1. The van der Waals surface area contributed by atoms with E-state index in [0.717, 1.165) is 12.1 Å². The lowest BCUT2D eigenvalue weighted by Crippen LogP contribution is -2.39. The summed E-state index contributed by atoms with van der Waals surface area (Å²) >= 11 is 2.76. The van der Waals surface area contributed by atoms with Crippen LogP contribution in [0.2, 0.25) is 0 Å². The van der Waals surface area contributed by atoms with E-state index in [9.17, 15) is 26.0 Å². The summed E-state index contributed by atoms with van der Waals surface area (Å²) in [4.78, 5) is -0.893. The molecule has 0 aliphatic rings. The number of nitrogens with two attached hydrogens (primary N) is 1. The molecule has 20 heavy (non-hydrogen) atoms. The molecule has 0 aliphatic carbocycles. The van der Waals surface area contributed by atoms with Crippen molar-refractivity contribution in [2.75, 3.05) is 18.8 Å². The van der Waals surface area contributed by atoms with Crippen molar-refractivity contribution in [1.82, 2.24) is 4.31 Å². The molecule has 0 unspecified atom stereocenters. The molecule has 1 aromatic carbocycles. The molecule has 0 atom stereocenters. The van der Waals surface area contributed by atoms with Crippen LogP contribution in [0.25, 0.3) is 0 Å². The van der Waals surface area contributed by atoms with Crippen LogP contribution in [-0.4, -0.2) is 32.0 Å². The second-order valence-electron chi connectivity index (χ2n) is 3.86. The zero-order valence-corrected chi connectivity index (χ0v) is 12.6. The molecule has 0 saturated heterocycles. The fourth-order valence-corrected chi connectivity index (χ4v) is 3.64. The summed E-state index contributed by atoms with van der Waals surface area (Å²) < 4.78 is 75.0. The number of sulfonamides is 1. The van der Waals surface area contributed by atoms with Crippen molar-refractivity contribution >= 4 is 31.6 Å². The van der Waals surface area contributed by atoms with Crippen molar-refractivity contribution in [2.24, 2.45) is 0 Å². The number of nitrogens with zero attached hydrogens (tertiary/aromatic N) is 1. The van der Waals surface area contributed by atoms with Gasteiger partial charge < -0.3 is 5.73 Å². The van der Waals surface area contributed by atoms with Gasteiger partial charge in [0.25, 0.3) is 0 Å². The molecule has 0 radical (unpaired) electrons. The molecule has 0 fully saturated rings. The first-order valence-corrected chi connectivity index (χ1v) is 7.53. The summed E-state index contributed by atoms with van der Waals surface area (Å²) in [6.45, 7) is -0.923. The van der Waals surface area contributed by atoms with Gasteiger partial charge in [0.05, 0.1) is 4.47 Å². The highest BCUT2D eigenvalue weighted by molar-refractivity contribution is 9.10. The van der Waals surface area contributed by atoms with Crippen LogP contribution in [0.15, 0.2) is 21.5 Å². The van der Waals surface area contributed by atoms with Gasteiger partial charge >= 0.3 is 6.18 Å². The molecular formula is C10H11BrF4N2O2S. The van der Waals surface area contributed by atoms with Crippen LogP contribution in [0.5, 0.6) is 0 Å². The number of alkyl halides is 3. The lowest BCUT2D eigenvalue weighted by molar-refractivity contribution is -0.135. The van der Waals surface area contributed by atoms with E-state index >= 15 is 0 Å². The predicted octanol–water partition coefficient (Wildman–Crippen LogP) is 2.74. The summed E-state index contributed by atoms with van der Waals surface area (Å²) in [5.74, 6) is -1.18. The zero-order valence-electron chi connectivity index (χ0n) is 10.2. The van der Waals surface area contributed by atoms with Crippen LogP contribution in [0.3, 0.4) is 0 Å². The number of rotatable bonds is 4. The Kier molecular flexibility index (Phi) is 5.03. The molecule has 1 aromatic rings. The Morgan fingerprint density at radius 1 is 1.35 bits per heavy atom. The maximum atomic E-state index is 13.8. The van der Waals surface area contributed by atoms with Gasteiger partial charge in [-0.05, 0) is 28.1 Å². The molecule has 0 aromatic heterocycles. The molecule has 10 heteroatoms. The summed E-state index contributed by atoms with van der Waals surface area (Å²) in [7, 11) is -4.63. The van der Waals surface area contributed by atoms with E-state index in [2.05, 4.69) is 15.9 Å². The molecule has 0 heterocycles. The normalized spacial score (nSPS) is 12.9. The highest BCUT2D eigenvalue weighted by atomic mass is 79.9. The van der Waals surface area contributed by atoms with Crippen LogP contribution in [-0.2, 0) is 10.0 Å². The smallest absolute Gasteiger partial charge is 0.399 e. The minimum atomic E-state index is -4.73. The average Bonchev–Trinajstić information content (AvgIpc) is 2.29. The predicted molar refractivity (Wildman–Crippen MR) is 69.0 cm³/mol. The van der Waals surface area contributed by atoms with E-state index in [0.29, 0.717) is 0 Å². The average molecular weight is 379 g/mol. The molecular weight excluding hydrogens is 368 g/mol. The number of benzene rings is 1. The molecule has 0 amide bonds. The molecule has 4 nitrogen and oxygen atoms in total. The maximum absolute atomic E-state index is 13.8. The third kappa shape index (κ3) is 3.83. The van der Waals surface area contributed by atoms with Crippen molar-refractivity contribution in [1.29, 1.82) is 0 Å². The molecule has 114 valence electrons. The Morgan fingerprint density at radius 3 is 2.35 bits per heavy atom. The van der Waals surface area contributed by atoms with E-state index in [-0.39, 0.29) is 14.5 Å². The lowest BCUT2D eigenvalue weighted by atomic mass is 10.3. The Morgan fingerprint density at radius 2 is 1.90 bits per heavy atom. The lowest BCUT2D eigenvalue weighted by Gasteiger charge is -2.22. The Bertz CT molecular complexity index is 604. The van der Waals surface area contributed by atoms with Gasteiger partial charge in [-0.15, -0.1) is 0 Å². The van der Waals surface area contributed by atoms with Crippen LogP contribution >= 0.6 is 15.9 Å². The first-order valence-electron chi connectivity index (χ1n) is 5.30. The maximum Gasteiger partial charge on any atom is 0.402 e. The zero-order chi connectivity index (χ0) is 15.7. The van der Waals surface area contributed by atoms with Crippen molar-refractivity contribution in [2.45, 2.75) is 18.0 Å². The van der Waals surface area contributed by atoms with E-state index in [4.69, 9.17) is 5.73 Å². The van der Waals surface area contributed by atoms with Gasteiger partial charge in [0, 0.05) is 12.2 Å². The largest absolute Gasteiger partial charge is 0.402 e. The summed E-state index contributed by atoms with van der Waals surface area (Å²) in [6.07, 6.45) is -4.73. The number of nitrogen functional groups attached to an aromatic ring is 1. The van der Waals surface area contributed by atoms with E-state index in [1.165, 1.54) is 6.92 Å². The fraction of sp³-hybridized carbons (Fsp3) is 0.400. The molecule has 0 spiro atoms. The molecule has 0 aliphatic heterocycles. The van der Waals surface area contributed by atoms with Crippen LogP contribution in [0, 0.1) is 5.82 Å². The van der Waals surface area contributed by atoms with Crippen LogP contribution in [0.4, 0.5) is 23.2 Å². The monoisotopic (exact) mass is 378 g/mol. The highest BCUT2D eigenvalue weighted by Crippen LogP contribution is 2.29. The summed E-state index contributed by atoms with van der Waals surface area (Å²) in [5.41, 5.74) is 5.31. The van der Waals surface area contributed by atoms with Crippen molar-refractivity contribution in [3.8, 4) is 0 Å². The number of anilines is 1. The van der Waals surface area contributed by atoms with Crippen molar-refractivity contribution in [3.63, 3.8) is 0 Å². The van der Waals surface area contributed by atoms with Gasteiger partial charge in [-0.25, -0.2) is 12.8 Å². The first kappa shape index (κ1) is 17.2. The van der Waals surface area contributed by atoms with E-state index < -0.39 is 40.0 Å². The van der Waals surface area contributed by atoms with Crippen molar-refractivity contribution < 1.29 is 26.0 Å². The molecule has 2 N–H and O–H groups in total. The quantitative estimate of drug-likeness (QED) is 0.647. The summed E-state index contributed by atoms with van der Waals surface area (Å²) in [5, 5.41) is 0. The van der Waals surface area contributed by atoms with Gasteiger partial charge in [0.2, 0.25) is 10.0 Å². The third-order valence-corrected chi connectivity index (χ3v) is 4.84. The minimum Gasteiger partial charge on any atom is -0.399 e. The van der Waals surface area contributed by atoms with Gasteiger partial charge in [0.15, 0.2) is 5.82 Å². The second-order valence-corrected chi connectivity index (χ2v) is 6.62. The second kappa shape index (κ2) is 5.86. The number of halogens is 5. The van der Waals surface area contributed by atoms with E-state index in [1.54, 1.807) is 0 Å². The fourth-order valence-electron chi connectivity index (χ4n) is 1.48. The molecule has 0 saturated carbocycles. The van der Waals surface area contributed by atoms with Crippen LogP contribution in [0.1, 0.15) is 6.92 Å². The van der Waals surface area contributed by atoms with Gasteiger partial charge in [-0.3, -0.25) is 0 Å². The van der Waals surface area contributed by atoms with Gasteiger partial charge in [-0.2, -0.15) is 17.5 Å². The standard InChI is InChI=1S/C10H11BrF4N2O2S/c1-2-17(5-10(13,14)15)20(18,19)8-4-6(16)3-7(11)9(8)12/h3-4H,2,5,16H2,1H3. The van der Waals surface area contributed by atoms with Gasteiger partial charge in [-0.1, -0.05) is 6.92 Å². The Balaban J connectivity index is 3.35. The van der Waals surface area contributed by atoms with Crippen LogP contribution < -0.4 is 5.73 Å². The van der Waals surface area contributed by atoms with E-state index in [1.807, 2.05) is 0 Å². The Labute approximate surface area is 121 Å². The third-order valence-electron chi connectivity index (χ3n) is 2.34. The SMILES string of the molecule is CCN(CC(F)(F)F)S(=O)(=O)c1cc(N)cc(Br)c1F. The Hall–Kier alpha value is -0.870. The molecule has 0 bridgehead atoms. The highest BCUT2D eigenvalue weighted by Gasteiger charge is 2.37. The van der Waals surface area contributed by atoms with Gasteiger partial charge in [0.1, 0.15) is 11.4 Å². The number of hydrogen-bond acceptors (Lipinski definition) is 3. The molecule has 1 rings (SSSR count). The topological polar surface area (TPSA) is 63.4 Å². The van der Waals surface area contributed by atoms with Crippen molar-refractivity contribution in [3.05, 3.63) is 22.4 Å². The first-order chi connectivity index (χ1) is 8.99.